The molecule has 0 bridgehead atoms. The predicted molar refractivity (Wildman–Crippen MR) is 68.5 cm³/mol. The highest BCUT2D eigenvalue weighted by molar-refractivity contribution is 9.10. The lowest BCUT2D eigenvalue weighted by Crippen LogP contribution is -2.25. The van der Waals surface area contributed by atoms with Gasteiger partial charge in [0.15, 0.2) is 0 Å². The minimum Gasteiger partial charge on any atom is -0.391 e. The van der Waals surface area contributed by atoms with Crippen molar-refractivity contribution in [1.82, 2.24) is 0 Å². The molecule has 1 amide bonds. The molecule has 1 N–H and O–H groups in total. The van der Waals surface area contributed by atoms with Crippen molar-refractivity contribution in [3.63, 3.8) is 0 Å². The van der Waals surface area contributed by atoms with Gasteiger partial charge >= 0.3 is 0 Å². The molecule has 0 aliphatic carbocycles. The van der Waals surface area contributed by atoms with E-state index in [-0.39, 0.29) is 24.6 Å². The van der Waals surface area contributed by atoms with E-state index in [2.05, 4.69) is 15.9 Å². The normalized spacial score (nSPS) is 19.4. The maximum Gasteiger partial charge on any atom is 0.274 e. The van der Waals surface area contributed by atoms with Crippen LogP contribution in [0, 0.1) is 17.0 Å². The number of halogens is 1. The van der Waals surface area contributed by atoms with E-state index >= 15 is 0 Å². The Kier molecular flexibility index (Phi) is 3.36. The van der Waals surface area contributed by atoms with Crippen LogP contribution in [0.4, 0.5) is 11.4 Å². The van der Waals surface area contributed by atoms with Crippen LogP contribution >= 0.6 is 15.9 Å². The Morgan fingerprint density at radius 1 is 1.56 bits per heavy atom. The summed E-state index contributed by atoms with van der Waals surface area (Å²) >= 11 is 3.29. The molecule has 0 radical (unpaired) electrons. The minimum atomic E-state index is -0.718. The molecule has 6 nitrogen and oxygen atoms in total. The van der Waals surface area contributed by atoms with Gasteiger partial charge in [0.2, 0.25) is 5.91 Å². The van der Waals surface area contributed by atoms with Crippen LogP contribution in [0.1, 0.15) is 12.0 Å². The molecular formula is C11H11BrN2O4. The number of β-amino-alcohol motifs (C(OH)–C–C–N with tert-alkyl or cyclic N) is 1. The molecule has 1 atom stereocenters. The van der Waals surface area contributed by atoms with Crippen LogP contribution < -0.4 is 4.90 Å². The first kappa shape index (κ1) is 13.0. The monoisotopic (exact) mass is 314 g/mol. The van der Waals surface area contributed by atoms with Crippen molar-refractivity contribution in [3.8, 4) is 0 Å². The van der Waals surface area contributed by atoms with Crippen molar-refractivity contribution in [2.75, 3.05) is 11.4 Å². The molecule has 1 aromatic rings. The van der Waals surface area contributed by atoms with E-state index in [9.17, 15) is 20.0 Å². The zero-order valence-corrected chi connectivity index (χ0v) is 11.2. The summed E-state index contributed by atoms with van der Waals surface area (Å²) in [5, 5.41) is 20.3. The number of benzene rings is 1. The van der Waals surface area contributed by atoms with Gasteiger partial charge in [0.05, 0.1) is 29.7 Å². The molecule has 0 saturated carbocycles. The zero-order valence-electron chi connectivity index (χ0n) is 9.59. The van der Waals surface area contributed by atoms with E-state index in [0.717, 1.165) is 0 Å². The maximum absolute atomic E-state index is 11.7. The molecule has 1 saturated heterocycles. The summed E-state index contributed by atoms with van der Waals surface area (Å²) in [4.78, 5) is 23.4. The molecule has 2 rings (SSSR count). The summed E-state index contributed by atoms with van der Waals surface area (Å²) in [7, 11) is 0. The zero-order chi connectivity index (χ0) is 13.4. The molecular weight excluding hydrogens is 304 g/mol. The lowest BCUT2D eigenvalue weighted by Gasteiger charge is -2.18. The molecule has 1 aliphatic heterocycles. The van der Waals surface area contributed by atoms with Gasteiger partial charge in [-0.3, -0.25) is 14.9 Å². The fourth-order valence-electron chi connectivity index (χ4n) is 1.98. The Hall–Kier alpha value is -1.47. The third-order valence-corrected chi connectivity index (χ3v) is 3.49. The van der Waals surface area contributed by atoms with Crippen LogP contribution in [-0.2, 0) is 4.79 Å². The number of nitro groups is 1. The first-order valence-electron chi connectivity index (χ1n) is 5.33. The summed E-state index contributed by atoms with van der Waals surface area (Å²) in [5.41, 5.74) is 0.902. The second-order valence-electron chi connectivity index (χ2n) is 4.21. The van der Waals surface area contributed by atoms with E-state index in [1.54, 1.807) is 13.0 Å². The van der Waals surface area contributed by atoms with Gasteiger partial charge in [0.25, 0.3) is 5.69 Å². The quantitative estimate of drug-likeness (QED) is 0.666. The van der Waals surface area contributed by atoms with Crippen LogP contribution in [0.5, 0.6) is 0 Å². The fraction of sp³-hybridized carbons (Fsp3) is 0.364. The molecule has 18 heavy (non-hydrogen) atoms. The van der Waals surface area contributed by atoms with E-state index < -0.39 is 11.0 Å². The van der Waals surface area contributed by atoms with Crippen LogP contribution in [-0.4, -0.2) is 28.6 Å². The summed E-state index contributed by atoms with van der Waals surface area (Å²) < 4.78 is 0.605. The SMILES string of the molecule is Cc1cc(Br)c(N2CC(O)CC2=O)cc1[N+](=O)[O-]. The third-order valence-electron chi connectivity index (χ3n) is 2.86. The molecule has 1 heterocycles. The summed E-state index contributed by atoms with van der Waals surface area (Å²) in [6, 6.07) is 2.96. The summed E-state index contributed by atoms with van der Waals surface area (Å²) in [5.74, 6) is -0.235. The molecule has 1 aromatic carbocycles. The van der Waals surface area contributed by atoms with Gasteiger partial charge in [-0.15, -0.1) is 0 Å². The number of anilines is 1. The van der Waals surface area contributed by atoms with Gasteiger partial charge in [0, 0.05) is 16.1 Å². The molecule has 0 aromatic heterocycles. The van der Waals surface area contributed by atoms with Crippen molar-refractivity contribution < 1.29 is 14.8 Å². The largest absolute Gasteiger partial charge is 0.391 e. The van der Waals surface area contributed by atoms with Gasteiger partial charge in [0.1, 0.15) is 0 Å². The van der Waals surface area contributed by atoms with E-state index in [4.69, 9.17) is 0 Å². The number of hydrogen-bond acceptors (Lipinski definition) is 4. The fourth-order valence-corrected chi connectivity index (χ4v) is 2.65. The molecule has 7 heteroatoms. The first-order chi connectivity index (χ1) is 8.40. The highest BCUT2D eigenvalue weighted by Crippen LogP contribution is 2.35. The Bertz CT molecular complexity index is 532. The van der Waals surface area contributed by atoms with Gasteiger partial charge < -0.3 is 10.0 Å². The number of carbonyl (C=O) groups is 1. The van der Waals surface area contributed by atoms with E-state index in [1.165, 1.54) is 11.0 Å². The lowest BCUT2D eigenvalue weighted by atomic mass is 10.1. The third kappa shape index (κ3) is 2.23. The van der Waals surface area contributed by atoms with Crippen molar-refractivity contribution in [2.45, 2.75) is 19.4 Å². The number of aryl methyl sites for hydroxylation is 1. The number of nitrogens with zero attached hydrogens (tertiary/aromatic N) is 2. The topological polar surface area (TPSA) is 83.7 Å². The number of carbonyl (C=O) groups excluding carboxylic acids is 1. The van der Waals surface area contributed by atoms with Crippen molar-refractivity contribution in [3.05, 3.63) is 32.3 Å². The summed E-state index contributed by atoms with van der Waals surface area (Å²) in [6.07, 6.45) is -0.668. The Morgan fingerprint density at radius 2 is 2.22 bits per heavy atom. The van der Waals surface area contributed by atoms with Crippen LogP contribution in [0.2, 0.25) is 0 Å². The van der Waals surface area contributed by atoms with Gasteiger partial charge in [-0.2, -0.15) is 0 Å². The van der Waals surface area contributed by atoms with Crippen molar-refractivity contribution in [2.24, 2.45) is 0 Å². The average molecular weight is 315 g/mol. The second-order valence-corrected chi connectivity index (χ2v) is 5.06. The standard InChI is InChI=1S/C11H11BrN2O4/c1-6-2-8(12)10(4-9(6)14(17)18)13-5-7(15)3-11(13)16/h2,4,7,15H,3,5H2,1H3. The maximum atomic E-state index is 11.7. The van der Waals surface area contributed by atoms with Gasteiger partial charge in [-0.25, -0.2) is 0 Å². The highest BCUT2D eigenvalue weighted by atomic mass is 79.9. The van der Waals surface area contributed by atoms with Crippen LogP contribution in [0.15, 0.2) is 16.6 Å². The summed E-state index contributed by atoms with van der Waals surface area (Å²) in [6.45, 7) is 1.80. The number of aliphatic hydroxyl groups excluding tert-OH is 1. The van der Waals surface area contributed by atoms with Gasteiger partial charge in [-0.1, -0.05) is 0 Å². The van der Waals surface area contributed by atoms with E-state index in [0.29, 0.717) is 15.7 Å². The number of hydrogen-bond donors (Lipinski definition) is 1. The Morgan fingerprint density at radius 3 is 2.72 bits per heavy atom. The predicted octanol–water partition coefficient (Wildman–Crippen LogP) is 1.76. The van der Waals surface area contributed by atoms with Crippen molar-refractivity contribution >= 4 is 33.2 Å². The van der Waals surface area contributed by atoms with Crippen LogP contribution in [0.25, 0.3) is 0 Å². The van der Waals surface area contributed by atoms with E-state index in [1.807, 2.05) is 0 Å². The highest BCUT2D eigenvalue weighted by Gasteiger charge is 2.31. The minimum absolute atomic E-state index is 0.0395. The Labute approximate surface area is 111 Å². The molecule has 1 fully saturated rings. The van der Waals surface area contributed by atoms with Crippen molar-refractivity contribution in [1.29, 1.82) is 0 Å². The number of nitro benzene ring substituents is 1. The second kappa shape index (κ2) is 4.66. The number of amides is 1. The molecule has 0 spiro atoms. The molecule has 1 unspecified atom stereocenters. The Balaban J connectivity index is 2.48. The smallest absolute Gasteiger partial charge is 0.274 e. The number of rotatable bonds is 2. The van der Waals surface area contributed by atoms with Gasteiger partial charge in [-0.05, 0) is 28.9 Å². The average Bonchev–Trinajstić information content (AvgIpc) is 2.57. The lowest BCUT2D eigenvalue weighted by molar-refractivity contribution is -0.385. The first-order valence-corrected chi connectivity index (χ1v) is 6.12. The molecule has 1 aliphatic rings. The van der Waals surface area contributed by atoms with Crippen LogP contribution in [0.3, 0.4) is 0 Å². The molecule has 96 valence electrons. The number of aliphatic hydroxyl groups is 1.